The van der Waals surface area contributed by atoms with Gasteiger partial charge in [0.15, 0.2) is 5.65 Å². The molecule has 0 bridgehead atoms. The first-order chi connectivity index (χ1) is 9.11. The van der Waals surface area contributed by atoms with Crippen molar-refractivity contribution in [1.82, 2.24) is 19.8 Å². The molecule has 0 aromatic carbocycles. The molecule has 10 heteroatoms. The fourth-order valence-corrected chi connectivity index (χ4v) is 1.41. The number of alkyl halides is 3. The van der Waals surface area contributed by atoms with Crippen molar-refractivity contribution in [1.29, 1.82) is 0 Å². The predicted molar refractivity (Wildman–Crippen MR) is 62.7 cm³/mol. The lowest BCUT2D eigenvalue weighted by atomic mass is 10.1. The highest BCUT2D eigenvalue weighted by Gasteiger charge is 2.37. The Bertz CT molecular complexity index is 663. The molecular weight excluding hydrogens is 277 g/mol. The second kappa shape index (κ2) is 4.32. The number of primary amides is 1. The first-order valence-electron chi connectivity index (χ1n) is 5.49. The Balaban J connectivity index is 2.45. The monoisotopic (exact) mass is 288 g/mol. The number of rotatable bonds is 3. The largest absolute Gasteiger partial charge is 0.453 e. The quantitative estimate of drug-likeness (QED) is 0.871. The normalized spacial score (nSPS) is 12.7. The van der Waals surface area contributed by atoms with Crippen molar-refractivity contribution in [3.8, 4) is 0 Å². The molecule has 0 aliphatic heterocycles. The molecule has 0 aliphatic rings. The van der Waals surface area contributed by atoms with E-state index < -0.39 is 23.4 Å². The van der Waals surface area contributed by atoms with Crippen LogP contribution < -0.4 is 11.1 Å². The average molecular weight is 288 g/mol. The maximum Gasteiger partial charge on any atom is 0.453 e. The number of hydrogen-bond donors (Lipinski definition) is 2. The Morgan fingerprint density at radius 2 is 1.95 bits per heavy atom. The van der Waals surface area contributed by atoms with Crippen LogP contribution >= 0.6 is 0 Å². The number of anilines is 1. The Labute approximate surface area is 111 Å². The highest BCUT2D eigenvalue weighted by atomic mass is 19.4. The van der Waals surface area contributed by atoms with Gasteiger partial charge < -0.3 is 11.1 Å². The van der Waals surface area contributed by atoms with E-state index in [4.69, 9.17) is 5.73 Å². The zero-order valence-electron chi connectivity index (χ0n) is 10.6. The number of fused-ring (bicyclic) bond motifs is 1. The number of nitrogens with zero attached hydrogens (tertiary/aromatic N) is 4. The molecule has 0 saturated carbocycles. The molecule has 1 amide bonds. The molecule has 0 fully saturated rings. The zero-order chi connectivity index (χ0) is 15.1. The van der Waals surface area contributed by atoms with E-state index in [0.717, 1.165) is 0 Å². The van der Waals surface area contributed by atoms with Gasteiger partial charge in [-0.15, -0.1) is 15.3 Å². The summed E-state index contributed by atoms with van der Waals surface area (Å²) >= 11 is 0. The van der Waals surface area contributed by atoms with Crippen LogP contribution in [-0.4, -0.2) is 31.3 Å². The Kier molecular flexibility index (Phi) is 3.03. The molecule has 2 aromatic heterocycles. The van der Waals surface area contributed by atoms with Crippen molar-refractivity contribution < 1.29 is 18.0 Å². The lowest BCUT2D eigenvalue weighted by Crippen LogP contribution is -2.45. The highest BCUT2D eigenvalue weighted by molar-refractivity contribution is 5.86. The summed E-state index contributed by atoms with van der Waals surface area (Å²) in [5, 5.41) is 12.8. The Morgan fingerprint density at radius 1 is 1.30 bits per heavy atom. The maximum atomic E-state index is 12.7. The fourth-order valence-electron chi connectivity index (χ4n) is 1.41. The van der Waals surface area contributed by atoms with Gasteiger partial charge in [0.1, 0.15) is 11.4 Å². The summed E-state index contributed by atoms with van der Waals surface area (Å²) in [6, 6.07) is 2.68. The van der Waals surface area contributed by atoms with Crippen molar-refractivity contribution in [2.45, 2.75) is 25.6 Å². The lowest BCUT2D eigenvalue weighted by molar-refractivity contribution is -0.146. The van der Waals surface area contributed by atoms with Gasteiger partial charge in [-0.1, -0.05) is 0 Å². The molecule has 0 unspecified atom stereocenters. The third kappa shape index (κ3) is 2.49. The van der Waals surface area contributed by atoms with Crippen LogP contribution in [0.3, 0.4) is 0 Å². The molecule has 108 valence electrons. The topological polar surface area (TPSA) is 98.2 Å². The number of nitrogens with two attached hydrogens (primary N) is 1. The summed E-state index contributed by atoms with van der Waals surface area (Å²) in [7, 11) is 0. The Morgan fingerprint density at radius 3 is 2.50 bits per heavy atom. The van der Waals surface area contributed by atoms with E-state index >= 15 is 0 Å². The van der Waals surface area contributed by atoms with Gasteiger partial charge in [-0.25, -0.2) is 0 Å². The zero-order valence-corrected chi connectivity index (χ0v) is 10.6. The van der Waals surface area contributed by atoms with Gasteiger partial charge in [0.2, 0.25) is 5.91 Å². The third-order valence-electron chi connectivity index (χ3n) is 2.57. The van der Waals surface area contributed by atoms with Crippen molar-refractivity contribution in [2.24, 2.45) is 5.73 Å². The van der Waals surface area contributed by atoms with E-state index in [9.17, 15) is 18.0 Å². The number of carbonyl (C=O) groups is 1. The van der Waals surface area contributed by atoms with E-state index in [1.165, 1.54) is 26.0 Å². The molecule has 2 aromatic rings. The van der Waals surface area contributed by atoms with E-state index in [1.807, 2.05) is 0 Å². The van der Waals surface area contributed by atoms with Crippen LogP contribution in [0.4, 0.5) is 19.0 Å². The molecule has 0 aliphatic carbocycles. The Hall–Kier alpha value is -2.39. The van der Waals surface area contributed by atoms with Gasteiger partial charge >= 0.3 is 6.18 Å². The summed E-state index contributed by atoms with van der Waals surface area (Å²) < 4.78 is 38.6. The highest BCUT2D eigenvalue weighted by Crippen LogP contribution is 2.27. The first-order valence-corrected chi connectivity index (χ1v) is 5.49. The van der Waals surface area contributed by atoms with Crippen LogP contribution in [0, 0.1) is 0 Å². The summed E-state index contributed by atoms with van der Waals surface area (Å²) in [4.78, 5) is 11.2. The molecule has 2 heterocycles. The van der Waals surface area contributed by atoms with Crippen molar-refractivity contribution >= 4 is 17.4 Å². The van der Waals surface area contributed by atoms with Crippen LogP contribution in [0.2, 0.25) is 0 Å². The van der Waals surface area contributed by atoms with E-state index in [-0.39, 0.29) is 11.5 Å². The van der Waals surface area contributed by atoms with Gasteiger partial charge in [0.05, 0.1) is 0 Å². The van der Waals surface area contributed by atoms with Gasteiger partial charge in [-0.3, -0.25) is 4.79 Å². The summed E-state index contributed by atoms with van der Waals surface area (Å²) in [6.07, 6.45) is -4.68. The number of nitrogens with one attached hydrogen (secondary N) is 1. The molecule has 0 saturated heterocycles. The minimum absolute atomic E-state index is 0.0478. The minimum Gasteiger partial charge on any atom is -0.368 e. The van der Waals surface area contributed by atoms with Crippen molar-refractivity contribution in [3.63, 3.8) is 0 Å². The molecule has 0 atom stereocenters. The number of halogens is 3. The molecular formula is C10H11F3N6O. The van der Waals surface area contributed by atoms with E-state index in [2.05, 4.69) is 20.6 Å². The third-order valence-corrected chi connectivity index (χ3v) is 2.57. The van der Waals surface area contributed by atoms with Gasteiger partial charge in [-0.05, 0) is 26.0 Å². The standard InChI is InChI=1S/C10H11F3N6O/c1-9(2,7(14)20)15-5-3-4-6-16-17-8(10(11,12)13)19(6)18-5/h3-4H,1-2H3,(H2,14,20)(H,15,18). The number of aromatic nitrogens is 4. The lowest BCUT2D eigenvalue weighted by Gasteiger charge is -2.22. The van der Waals surface area contributed by atoms with Crippen LogP contribution in [0.5, 0.6) is 0 Å². The smallest absolute Gasteiger partial charge is 0.368 e. The van der Waals surface area contributed by atoms with Crippen LogP contribution in [-0.2, 0) is 11.0 Å². The fraction of sp³-hybridized carbons (Fsp3) is 0.400. The van der Waals surface area contributed by atoms with Gasteiger partial charge in [0.25, 0.3) is 5.82 Å². The predicted octanol–water partition coefficient (Wildman–Crippen LogP) is 0.819. The molecule has 0 spiro atoms. The van der Waals surface area contributed by atoms with Crippen LogP contribution in [0.1, 0.15) is 19.7 Å². The second-order valence-electron chi connectivity index (χ2n) is 4.62. The van der Waals surface area contributed by atoms with E-state index in [0.29, 0.717) is 4.52 Å². The minimum atomic E-state index is -4.68. The number of carbonyl (C=O) groups excluding carboxylic acids is 1. The van der Waals surface area contributed by atoms with Gasteiger partial charge in [-0.2, -0.15) is 17.7 Å². The van der Waals surface area contributed by atoms with Crippen molar-refractivity contribution in [3.05, 3.63) is 18.0 Å². The molecule has 0 radical (unpaired) electrons. The van der Waals surface area contributed by atoms with Crippen molar-refractivity contribution in [2.75, 3.05) is 5.32 Å². The van der Waals surface area contributed by atoms with E-state index in [1.54, 1.807) is 0 Å². The summed E-state index contributed by atoms with van der Waals surface area (Å²) in [6.45, 7) is 2.97. The molecule has 20 heavy (non-hydrogen) atoms. The van der Waals surface area contributed by atoms with Gasteiger partial charge in [0, 0.05) is 0 Å². The number of hydrogen-bond acceptors (Lipinski definition) is 5. The SMILES string of the molecule is CC(C)(Nc1ccc2nnc(C(F)(F)F)n2n1)C(N)=O. The van der Waals surface area contributed by atoms with Crippen LogP contribution in [0.25, 0.3) is 5.65 Å². The summed E-state index contributed by atoms with van der Waals surface area (Å²) in [5.74, 6) is -1.86. The maximum absolute atomic E-state index is 12.7. The number of amides is 1. The van der Waals surface area contributed by atoms with Crippen LogP contribution in [0.15, 0.2) is 12.1 Å². The molecule has 3 N–H and O–H groups in total. The average Bonchev–Trinajstić information content (AvgIpc) is 2.70. The summed E-state index contributed by atoms with van der Waals surface area (Å²) in [5.41, 5.74) is 3.95. The first kappa shape index (κ1) is 14.0. The molecule has 2 rings (SSSR count). The second-order valence-corrected chi connectivity index (χ2v) is 4.62. The molecule has 7 nitrogen and oxygen atoms in total.